The van der Waals surface area contributed by atoms with Gasteiger partial charge in [0.2, 0.25) is 0 Å². The van der Waals surface area contributed by atoms with Gasteiger partial charge in [-0.15, -0.1) is 0 Å². The van der Waals surface area contributed by atoms with Crippen molar-refractivity contribution in [3.63, 3.8) is 0 Å². The van der Waals surface area contributed by atoms with E-state index in [1.54, 1.807) is 8.93 Å². The Balaban J connectivity index is 2.13. The van der Waals surface area contributed by atoms with Gasteiger partial charge in [0.25, 0.3) is 0 Å². The van der Waals surface area contributed by atoms with Crippen molar-refractivity contribution in [1.82, 2.24) is 5.32 Å². The average molecular weight is 610 g/mol. The molecule has 0 bridgehead atoms. The highest BCUT2D eigenvalue weighted by Crippen LogP contribution is 2.39. The molecule has 1 heterocycles. The predicted molar refractivity (Wildman–Crippen MR) is 147 cm³/mol. The molecule has 0 amide bonds. The maximum Gasteiger partial charge on any atom is 0.342 e. The van der Waals surface area contributed by atoms with Gasteiger partial charge >= 0.3 is 5.97 Å². The highest BCUT2D eigenvalue weighted by molar-refractivity contribution is 14.2. The molecule has 1 aromatic carbocycles. The second-order valence-corrected chi connectivity index (χ2v) is 11.8. The summed E-state index contributed by atoms with van der Waals surface area (Å²) in [7, 11) is 0.894. The van der Waals surface area contributed by atoms with Gasteiger partial charge < -0.3 is 23.8 Å². The van der Waals surface area contributed by atoms with E-state index >= 15 is 0 Å². The Morgan fingerprint density at radius 3 is 2.61 bits per heavy atom. The molecule has 0 radical (unpaired) electrons. The summed E-state index contributed by atoms with van der Waals surface area (Å²) in [6.45, 7) is 14.3. The molecule has 1 aliphatic heterocycles. The number of halogens is 1. The number of nitrogens with one attached hydrogen (secondary N) is 1. The quantitative estimate of drug-likeness (QED) is 0.0793. The fourth-order valence-electron chi connectivity index (χ4n) is 3.91. The molecule has 0 atom stereocenters. The van der Waals surface area contributed by atoms with Gasteiger partial charge in [0.05, 0.1) is 19.8 Å². The molecule has 0 aliphatic carbocycles. The van der Waals surface area contributed by atoms with Gasteiger partial charge in [0, 0.05) is 36.1 Å². The number of hydrogen-bond acceptors (Lipinski definition) is 7. The van der Waals surface area contributed by atoms with Crippen LogP contribution in [-0.4, -0.2) is 50.8 Å². The van der Waals surface area contributed by atoms with Crippen LogP contribution in [0.5, 0.6) is 5.75 Å². The minimum Gasteiger partial charge on any atom is -0.491 e. The summed E-state index contributed by atoms with van der Waals surface area (Å²) >= 11 is 2.27. The van der Waals surface area contributed by atoms with Crippen LogP contribution in [0.2, 0.25) is 0 Å². The molecule has 0 saturated carbocycles. The first kappa shape index (κ1) is 28.9. The van der Waals surface area contributed by atoms with Crippen LogP contribution in [0, 0.1) is 6.92 Å². The SMILES string of the molecule is CCOP(CCNC/C(C)=C/Cc1c(CC)c(C)c2c(c1OCCSI)C(=O)OC2)OCC. The van der Waals surface area contributed by atoms with Crippen LogP contribution in [0.3, 0.4) is 0 Å². The number of ether oxygens (including phenoxy) is 2. The van der Waals surface area contributed by atoms with Crippen LogP contribution in [0.25, 0.3) is 0 Å². The van der Waals surface area contributed by atoms with Gasteiger partial charge in [-0.3, -0.25) is 0 Å². The highest BCUT2D eigenvalue weighted by atomic mass is 127. The average Bonchev–Trinajstić information content (AvgIpc) is 3.19. The van der Waals surface area contributed by atoms with Crippen molar-refractivity contribution in [1.29, 1.82) is 0 Å². The molecule has 186 valence electrons. The largest absolute Gasteiger partial charge is 0.491 e. The molecule has 9 heteroatoms. The molecule has 6 nitrogen and oxygen atoms in total. The molecule has 0 saturated heterocycles. The van der Waals surface area contributed by atoms with Crippen molar-refractivity contribution in [2.75, 3.05) is 44.8 Å². The third-order valence-corrected chi connectivity index (χ3v) is 8.78. The summed E-state index contributed by atoms with van der Waals surface area (Å²) < 4.78 is 22.9. The number of cyclic esters (lactones) is 1. The summed E-state index contributed by atoms with van der Waals surface area (Å²) in [6.07, 6.45) is 4.74. The number of carbonyl (C=O) groups excluding carboxylic acids is 1. The first-order valence-corrected chi connectivity index (χ1v) is 16.5. The number of fused-ring (bicyclic) bond motifs is 1. The predicted octanol–water partition coefficient (Wildman–Crippen LogP) is 6.15. The Morgan fingerprint density at radius 2 is 1.97 bits per heavy atom. The molecule has 1 aromatic rings. The molecule has 0 fully saturated rings. The lowest BCUT2D eigenvalue weighted by Crippen LogP contribution is -2.20. The summed E-state index contributed by atoms with van der Waals surface area (Å²) in [5, 5.41) is 3.49. The topological polar surface area (TPSA) is 66.0 Å². The fraction of sp³-hybridized carbons (Fsp3) is 0.625. The molecule has 1 N–H and O–H groups in total. The lowest BCUT2D eigenvalue weighted by Gasteiger charge is -2.20. The van der Waals surface area contributed by atoms with Crippen molar-refractivity contribution >= 4 is 44.5 Å². The van der Waals surface area contributed by atoms with E-state index in [2.05, 4.69) is 53.4 Å². The van der Waals surface area contributed by atoms with Crippen molar-refractivity contribution < 1.29 is 23.3 Å². The summed E-state index contributed by atoms with van der Waals surface area (Å²) in [4.78, 5) is 12.5. The van der Waals surface area contributed by atoms with Gasteiger partial charge in [0.15, 0.2) is 8.38 Å². The number of rotatable bonds is 16. The number of hydrogen-bond donors (Lipinski definition) is 1. The molecular formula is C24H37INO5PS. The van der Waals surface area contributed by atoms with E-state index < -0.39 is 8.38 Å². The van der Waals surface area contributed by atoms with Crippen molar-refractivity contribution in [2.24, 2.45) is 0 Å². The summed E-state index contributed by atoms with van der Waals surface area (Å²) in [6, 6.07) is 0. The van der Waals surface area contributed by atoms with Crippen LogP contribution in [-0.2, 0) is 33.2 Å². The van der Waals surface area contributed by atoms with Gasteiger partial charge in [-0.05, 0) is 72.9 Å². The monoisotopic (exact) mass is 609 g/mol. The zero-order chi connectivity index (χ0) is 24.2. The van der Waals surface area contributed by atoms with Crippen LogP contribution in [0.15, 0.2) is 11.6 Å². The number of allylic oxidation sites excluding steroid dienone is 1. The second kappa shape index (κ2) is 15.6. The number of benzene rings is 1. The minimum atomic E-state index is -0.810. The van der Waals surface area contributed by atoms with Gasteiger partial charge in [-0.2, -0.15) is 0 Å². The zero-order valence-corrected chi connectivity index (χ0v) is 24.3. The lowest BCUT2D eigenvalue weighted by atomic mass is 9.89. The van der Waals surface area contributed by atoms with Crippen molar-refractivity contribution in [2.45, 2.75) is 54.1 Å². The van der Waals surface area contributed by atoms with Crippen LogP contribution in [0.4, 0.5) is 0 Å². The molecule has 0 spiro atoms. The van der Waals surface area contributed by atoms with Crippen LogP contribution >= 0.6 is 38.5 Å². The summed E-state index contributed by atoms with van der Waals surface area (Å²) in [5.74, 6) is 1.32. The molecule has 2 rings (SSSR count). The summed E-state index contributed by atoms with van der Waals surface area (Å²) in [5.41, 5.74) is 6.40. The van der Waals surface area contributed by atoms with Gasteiger partial charge in [-0.1, -0.05) is 27.5 Å². The Morgan fingerprint density at radius 1 is 1.24 bits per heavy atom. The third kappa shape index (κ3) is 8.36. The maximum absolute atomic E-state index is 12.5. The van der Waals surface area contributed by atoms with Crippen molar-refractivity contribution in [3.05, 3.63) is 39.5 Å². The first-order chi connectivity index (χ1) is 16.0. The van der Waals surface area contributed by atoms with E-state index in [0.717, 1.165) is 60.3 Å². The standard InChI is InChI=1S/C24H37INO5PS/c1-6-19-18(5)21-16-29-24(27)22(21)23(28-12-14-33-25)20(19)10-9-17(4)15-26-11-13-32(30-7-2)31-8-3/h9,26H,6-8,10-16H2,1-5H3/b17-9+. The zero-order valence-electron chi connectivity index (χ0n) is 20.4. The lowest BCUT2D eigenvalue weighted by molar-refractivity contribution is 0.0532. The van der Waals surface area contributed by atoms with E-state index in [1.165, 1.54) is 11.1 Å². The fourth-order valence-corrected chi connectivity index (χ4v) is 5.85. The Kier molecular flexibility index (Phi) is 13.6. The molecule has 1 aliphatic rings. The normalized spacial score (nSPS) is 13.5. The van der Waals surface area contributed by atoms with E-state index in [9.17, 15) is 4.79 Å². The minimum absolute atomic E-state index is 0.267. The van der Waals surface area contributed by atoms with Gasteiger partial charge in [-0.25, -0.2) is 4.79 Å². The highest BCUT2D eigenvalue weighted by Gasteiger charge is 2.32. The maximum atomic E-state index is 12.5. The molecule has 0 unspecified atom stereocenters. The second-order valence-electron chi connectivity index (χ2n) is 7.68. The Hall–Kier alpha value is -0.380. The van der Waals surface area contributed by atoms with Gasteiger partial charge in [0.1, 0.15) is 17.9 Å². The molecule has 0 aromatic heterocycles. The smallest absolute Gasteiger partial charge is 0.342 e. The first-order valence-electron chi connectivity index (χ1n) is 11.6. The number of esters is 1. The van der Waals surface area contributed by atoms with E-state index in [0.29, 0.717) is 32.0 Å². The van der Waals surface area contributed by atoms with E-state index in [-0.39, 0.29) is 5.97 Å². The van der Waals surface area contributed by atoms with Crippen LogP contribution in [0.1, 0.15) is 60.3 Å². The van der Waals surface area contributed by atoms with E-state index in [1.807, 2.05) is 13.8 Å². The number of carbonyl (C=O) groups is 1. The van der Waals surface area contributed by atoms with Crippen molar-refractivity contribution in [3.8, 4) is 5.75 Å². The Labute approximate surface area is 216 Å². The molecule has 33 heavy (non-hydrogen) atoms. The third-order valence-electron chi connectivity index (χ3n) is 5.46. The van der Waals surface area contributed by atoms with E-state index in [4.69, 9.17) is 18.5 Å². The Bertz CT molecular complexity index is 815. The molecular weight excluding hydrogens is 572 g/mol. The van der Waals surface area contributed by atoms with Crippen LogP contribution < -0.4 is 10.1 Å².